The molecule has 6 nitrogen and oxygen atoms in total. The molecule has 6 heteroatoms. The highest BCUT2D eigenvalue weighted by Crippen LogP contribution is 2.21. The SMILES string of the molecule is CCCc1nc(NN)cc(N(C)C2CCCN(C)C2)n1. The number of nitrogens with zero attached hydrogens (tertiary/aromatic N) is 4. The number of nitrogen functional groups attached to an aromatic ring is 1. The Balaban J connectivity index is 2.19. The summed E-state index contributed by atoms with van der Waals surface area (Å²) in [5, 5.41) is 0. The number of hydrazine groups is 1. The fourth-order valence-electron chi connectivity index (χ4n) is 2.72. The van der Waals surface area contributed by atoms with Crippen molar-refractivity contribution in [3.63, 3.8) is 0 Å². The molecule has 0 radical (unpaired) electrons. The van der Waals surface area contributed by atoms with Crippen LogP contribution in [0.1, 0.15) is 32.0 Å². The van der Waals surface area contributed by atoms with E-state index in [0.717, 1.165) is 31.0 Å². The number of piperidine rings is 1. The van der Waals surface area contributed by atoms with Gasteiger partial charge in [-0.05, 0) is 32.9 Å². The van der Waals surface area contributed by atoms with E-state index in [1.54, 1.807) is 0 Å². The number of nitrogens with two attached hydrogens (primary N) is 1. The van der Waals surface area contributed by atoms with E-state index in [-0.39, 0.29) is 0 Å². The van der Waals surface area contributed by atoms with Gasteiger partial charge in [0.25, 0.3) is 0 Å². The van der Waals surface area contributed by atoms with Crippen LogP contribution in [0.25, 0.3) is 0 Å². The van der Waals surface area contributed by atoms with Gasteiger partial charge in [-0.2, -0.15) is 0 Å². The van der Waals surface area contributed by atoms with E-state index in [2.05, 4.69) is 46.2 Å². The molecule has 20 heavy (non-hydrogen) atoms. The number of anilines is 2. The van der Waals surface area contributed by atoms with Gasteiger partial charge in [0, 0.05) is 32.1 Å². The lowest BCUT2D eigenvalue weighted by atomic mass is 10.1. The van der Waals surface area contributed by atoms with Gasteiger partial charge in [0.15, 0.2) is 0 Å². The molecule has 1 aliphatic rings. The molecule has 1 atom stereocenters. The normalized spacial score (nSPS) is 19.9. The zero-order valence-corrected chi connectivity index (χ0v) is 12.8. The summed E-state index contributed by atoms with van der Waals surface area (Å²) in [6.45, 7) is 4.39. The average molecular weight is 278 g/mol. The predicted octanol–water partition coefficient (Wildman–Crippen LogP) is 1.25. The zero-order valence-electron chi connectivity index (χ0n) is 12.8. The average Bonchev–Trinajstić information content (AvgIpc) is 2.46. The molecule has 3 N–H and O–H groups in total. The molecule has 0 aliphatic carbocycles. The summed E-state index contributed by atoms with van der Waals surface area (Å²) in [6, 6.07) is 2.43. The molecule has 2 heterocycles. The first kappa shape index (κ1) is 15.0. The minimum Gasteiger partial charge on any atom is -0.355 e. The zero-order chi connectivity index (χ0) is 14.5. The molecule has 0 aromatic carbocycles. The maximum Gasteiger partial charge on any atom is 0.145 e. The number of nitrogens with one attached hydrogen (secondary N) is 1. The maximum atomic E-state index is 5.52. The number of rotatable bonds is 5. The van der Waals surface area contributed by atoms with Crippen LogP contribution < -0.4 is 16.2 Å². The van der Waals surface area contributed by atoms with Gasteiger partial charge >= 0.3 is 0 Å². The summed E-state index contributed by atoms with van der Waals surface area (Å²) in [6.07, 6.45) is 4.35. The molecule has 1 aliphatic heterocycles. The van der Waals surface area contributed by atoms with Crippen molar-refractivity contribution in [2.24, 2.45) is 5.84 Å². The second-order valence-electron chi connectivity index (χ2n) is 5.59. The van der Waals surface area contributed by atoms with Crippen LogP contribution in [0.3, 0.4) is 0 Å². The van der Waals surface area contributed by atoms with Gasteiger partial charge in [0.2, 0.25) is 0 Å². The van der Waals surface area contributed by atoms with Gasteiger partial charge in [-0.25, -0.2) is 15.8 Å². The van der Waals surface area contributed by atoms with Crippen LogP contribution in [-0.4, -0.2) is 48.1 Å². The van der Waals surface area contributed by atoms with Crippen LogP contribution in [0.15, 0.2) is 6.07 Å². The second-order valence-corrected chi connectivity index (χ2v) is 5.59. The van der Waals surface area contributed by atoms with E-state index in [0.29, 0.717) is 11.9 Å². The van der Waals surface area contributed by atoms with Crippen LogP contribution in [0.2, 0.25) is 0 Å². The Morgan fingerprint density at radius 3 is 2.95 bits per heavy atom. The monoisotopic (exact) mass is 278 g/mol. The third-order valence-electron chi connectivity index (χ3n) is 3.89. The van der Waals surface area contributed by atoms with E-state index in [9.17, 15) is 0 Å². The first-order valence-corrected chi connectivity index (χ1v) is 7.40. The Morgan fingerprint density at radius 1 is 1.50 bits per heavy atom. The quantitative estimate of drug-likeness (QED) is 0.624. The first-order chi connectivity index (χ1) is 9.63. The molecule has 1 unspecified atom stereocenters. The van der Waals surface area contributed by atoms with Crippen molar-refractivity contribution in [3.8, 4) is 0 Å². The molecule has 0 saturated carbocycles. The fraction of sp³-hybridized carbons (Fsp3) is 0.714. The Labute approximate surface area is 121 Å². The smallest absolute Gasteiger partial charge is 0.145 e. The standard InChI is InChI=1S/C14H26N6/c1-4-6-12-16-13(18-15)9-14(17-12)20(3)11-7-5-8-19(2)10-11/h9,11H,4-8,10,15H2,1-3H3,(H,16,17,18). The molecule has 2 rings (SSSR count). The van der Waals surface area contributed by atoms with Gasteiger partial charge in [0.05, 0.1) is 0 Å². The lowest BCUT2D eigenvalue weighted by Gasteiger charge is -2.36. The van der Waals surface area contributed by atoms with Crippen molar-refractivity contribution in [1.29, 1.82) is 0 Å². The molecule has 1 fully saturated rings. The number of aryl methyl sites for hydroxylation is 1. The summed E-state index contributed by atoms with van der Waals surface area (Å²) < 4.78 is 0. The van der Waals surface area contributed by atoms with Crippen molar-refractivity contribution in [2.45, 2.75) is 38.6 Å². The topological polar surface area (TPSA) is 70.3 Å². The second kappa shape index (κ2) is 6.85. The largest absolute Gasteiger partial charge is 0.355 e. The molecule has 0 bridgehead atoms. The van der Waals surface area contributed by atoms with Gasteiger partial charge in [0.1, 0.15) is 17.5 Å². The maximum absolute atomic E-state index is 5.52. The number of hydrogen-bond donors (Lipinski definition) is 2. The molecule has 0 spiro atoms. The Kier molecular flexibility index (Phi) is 5.14. The Bertz CT molecular complexity index is 436. The van der Waals surface area contributed by atoms with Crippen LogP contribution >= 0.6 is 0 Å². The van der Waals surface area contributed by atoms with Gasteiger partial charge in [-0.1, -0.05) is 6.92 Å². The highest BCUT2D eigenvalue weighted by Gasteiger charge is 2.22. The van der Waals surface area contributed by atoms with Crippen LogP contribution in [0.4, 0.5) is 11.6 Å². The summed E-state index contributed by atoms with van der Waals surface area (Å²) in [4.78, 5) is 13.7. The van der Waals surface area contributed by atoms with Gasteiger partial charge in [-0.15, -0.1) is 0 Å². The summed E-state index contributed by atoms with van der Waals surface area (Å²) in [7, 11) is 4.29. The molecule has 112 valence electrons. The predicted molar refractivity (Wildman–Crippen MR) is 82.8 cm³/mol. The minimum absolute atomic E-state index is 0.503. The van der Waals surface area contributed by atoms with Crippen molar-refractivity contribution in [2.75, 3.05) is 37.5 Å². The molecular weight excluding hydrogens is 252 g/mol. The molecule has 1 aromatic heterocycles. The Morgan fingerprint density at radius 2 is 2.30 bits per heavy atom. The van der Waals surface area contributed by atoms with Crippen molar-refractivity contribution in [1.82, 2.24) is 14.9 Å². The van der Waals surface area contributed by atoms with E-state index >= 15 is 0 Å². The number of likely N-dealkylation sites (N-methyl/N-ethyl adjacent to an activating group) is 2. The number of likely N-dealkylation sites (tertiary alicyclic amines) is 1. The molecule has 1 aromatic rings. The molecular formula is C14H26N6. The Hall–Kier alpha value is -1.40. The van der Waals surface area contributed by atoms with Gasteiger partial charge in [-0.3, -0.25) is 0 Å². The third-order valence-corrected chi connectivity index (χ3v) is 3.89. The van der Waals surface area contributed by atoms with E-state index in [1.807, 2.05) is 6.07 Å². The van der Waals surface area contributed by atoms with Crippen LogP contribution in [0.5, 0.6) is 0 Å². The lowest BCUT2D eigenvalue weighted by molar-refractivity contribution is 0.247. The van der Waals surface area contributed by atoms with Crippen LogP contribution in [0, 0.1) is 0 Å². The van der Waals surface area contributed by atoms with Crippen molar-refractivity contribution < 1.29 is 0 Å². The molecule has 1 saturated heterocycles. The highest BCUT2D eigenvalue weighted by atomic mass is 15.3. The molecule has 0 amide bonds. The number of aromatic nitrogens is 2. The highest BCUT2D eigenvalue weighted by molar-refractivity contribution is 5.49. The van der Waals surface area contributed by atoms with E-state index < -0.39 is 0 Å². The summed E-state index contributed by atoms with van der Waals surface area (Å²) in [5.41, 5.74) is 2.64. The van der Waals surface area contributed by atoms with Crippen molar-refractivity contribution in [3.05, 3.63) is 11.9 Å². The fourth-order valence-corrected chi connectivity index (χ4v) is 2.72. The minimum atomic E-state index is 0.503. The first-order valence-electron chi connectivity index (χ1n) is 7.40. The van der Waals surface area contributed by atoms with Gasteiger partial charge < -0.3 is 15.2 Å². The van der Waals surface area contributed by atoms with E-state index in [4.69, 9.17) is 5.84 Å². The summed E-state index contributed by atoms with van der Waals surface area (Å²) >= 11 is 0. The number of hydrogen-bond acceptors (Lipinski definition) is 6. The van der Waals surface area contributed by atoms with E-state index in [1.165, 1.54) is 19.4 Å². The van der Waals surface area contributed by atoms with Crippen molar-refractivity contribution >= 4 is 11.6 Å². The third kappa shape index (κ3) is 3.58. The lowest BCUT2D eigenvalue weighted by Crippen LogP contribution is -2.45. The van der Waals surface area contributed by atoms with Crippen LogP contribution in [-0.2, 0) is 6.42 Å². The summed E-state index contributed by atoms with van der Waals surface area (Å²) in [5.74, 6) is 8.02.